The summed E-state index contributed by atoms with van der Waals surface area (Å²) in [5, 5.41) is 10.4. The van der Waals surface area contributed by atoms with E-state index in [0.29, 0.717) is 11.3 Å². The number of benzene rings is 2. The molecule has 0 aliphatic carbocycles. The first kappa shape index (κ1) is 14.5. The second-order valence-electron chi connectivity index (χ2n) is 5.46. The summed E-state index contributed by atoms with van der Waals surface area (Å²) in [6.07, 6.45) is 0. The van der Waals surface area contributed by atoms with Gasteiger partial charge < -0.3 is 10.5 Å². The van der Waals surface area contributed by atoms with Crippen molar-refractivity contribution >= 4 is 21.4 Å². The van der Waals surface area contributed by atoms with Gasteiger partial charge in [-0.1, -0.05) is 53.8 Å². The van der Waals surface area contributed by atoms with Crippen LogP contribution in [0.25, 0.3) is 10.1 Å². The molecule has 2 N–H and O–H groups in total. The summed E-state index contributed by atoms with van der Waals surface area (Å²) < 4.78 is 6.44. The summed E-state index contributed by atoms with van der Waals surface area (Å²) in [7, 11) is 0. The van der Waals surface area contributed by atoms with Gasteiger partial charge >= 0.3 is 0 Å². The van der Waals surface area contributed by atoms with E-state index in [4.69, 9.17) is 10.5 Å². The summed E-state index contributed by atoms with van der Waals surface area (Å²) in [5.74, 6) is 0.00705. The predicted octanol–water partition coefficient (Wildman–Crippen LogP) is 3.48. The lowest BCUT2D eigenvalue weighted by atomic mass is 9.84. The highest BCUT2D eigenvalue weighted by Gasteiger charge is 2.34. The average Bonchev–Trinajstić information content (AvgIpc) is 2.61. The molecular weight excluding hydrogens is 320 g/mol. The number of nitriles is 1. The predicted molar refractivity (Wildman–Crippen MR) is 93.8 cm³/mol. The fraction of sp³-hybridized carbons (Fsp3) is 0.0526. The molecule has 0 spiro atoms. The van der Waals surface area contributed by atoms with E-state index in [9.17, 15) is 10.1 Å². The minimum atomic E-state index is -0.506. The summed E-state index contributed by atoms with van der Waals surface area (Å²) in [5.41, 5.74) is 7.61. The molecule has 5 heteroatoms. The van der Waals surface area contributed by atoms with Crippen LogP contribution < -0.4 is 15.2 Å². The maximum atomic E-state index is 12.8. The van der Waals surface area contributed by atoms with Crippen molar-refractivity contribution in [2.75, 3.05) is 0 Å². The topological polar surface area (TPSA) is 76.1 Å². The van der Waals surface area contributed by atoms with Crippen molar-refractivity contribution in [2.24, 2.45) is 5.73 Å². The Labute approximate surface area is 142 Å². The molecule has 24 heavy (non-hydrogen) atoms. The third kappa shape index (κ3) is 2.08. The monoisotopic (exact) mass is 332 g/mol. The molecule has 0 fully saturated rings. The van der Waals surface area contributed by atoms with Gasteiger partial charge in [0.15, 0.2) is 0 Å². The Bertz CT molecular complexity index is 1080. The molecule has 2 heterocycles. The number of nitrogens with two attached hydrogens (primary N) is 1. The van der Waals surface area contributed by atoms with E-state index in [1.807, 2.05) is 54.6 Å². The van der Waals surface area contributed by atoms with Gasteiger partial charge in [-0.2, -0.15) is 5.26 Å². The molecule has 0 saturated carbocycles. The van der Waals surface area contributed by atoms with E-state index in [2.05, 4.69) is 6.07 Å². The van der Waals surface area contributed by atoms with E-state index >= 15 is 0 Å². The Balaban J connectivity index is 2.10. The molecule has 4 nitrogen and oxygen atoms in total. The molecule has 4 rings (SSSR count). The highest BCUT2D eigenvalue weighted by Crippen LogP contribution is 2.44. The second kappa shape index (κ2) is 5.52. The van der Waals surface area contributed by atoms with Crippen LogP contribution in [0, 0.1) is 11.3 Å². The Morgan fingerprint density at radius 3 is 2.54 bits per heavy atom. The highest BCUT2D eigenvalue weighted by atomic mass is 32.1. The molecule has 1 aromatic heterocycles. The first-order valence-corrected chi connectivity index (χ1v) is 8.20. The van der Waals surface area contributed by atoms with Crippen LogP contribution in [0.4, 0.5) is 0 Å². The quantitative estimate of drug-likeness (QED) is 0.740. The lowest BCUT2D eigenvalue weighted by Crippen LogP contribution is -2.25. The Kier molecular flexibility index (Phi) is 3.33. The third-order valence-corrected chi connectivity index (χ3v) is 5.09. The van der Waals surface area contributed by atoms with E-state index in [1.165, 1.54) is 0 Å². The van der Waals surface area contributed by atoms with E-state index < -0.39 is 5.92 Å². The first-order valence-electron chi connectivity index (χ1n) is 7.39. The molecule has 1 aliphatic heterocycles. The van der Waals surface area contributed by atoms with Gasteiger partial charge in [-0.25, -0.2) is 0 Å². The second-order valence-corrected chi connectivity index (χ2v) is 6.48. The van der Waals surface area contributed by atoms with E-state index in [0.717, 1.165) is 27.0 Å². The van der Waals surface area contributed by atoms with Gasteiger partial charge in [-0.15, -0.1) is 0 Å². The third-order valence-electron chi connectivity index (χ3n) is 4.11. The Hall–Kier alpha value is -3.10. The number of nitrogens with zero attached hydrogens (tertiary/aromatic N) is 1. The van der Waals surface area contributed by atoms with Crippen LogP contribution in [0.2, 0.25) is 0 Å². The van der Waals surface area contributed by atoms with Gasteiger partial charge in [0.1, 0.15) is 17.4 Å². The van der Waals surface area contributed by atoms with Gasteiger partial charge in [0, 0.05) is 10.1 Å². The minimum absolute atomic E-state index is 0.0552. The number of ether oxygens (including phenoxy) is 1. The van der Waals surface area contributed by atoms with Gasteiger partial charge in [0.2, 0.25) is 10.6 Å². The average molecular weight is 332 g/mol. The molecule has 0 amide bonds. The van der Waals surface area contributed by atoms with Crippen molar-refractivity contribution in [3.05, 3.63) is 86.7 Å². The summed E-state index contributed by atoms with van der Waals surface area (Å²) in [4.78, 5) is 12.8. The molecule has 0 radical (unpaired) electrons. The van der Waals surface area contributed by atoms with Gasteiger partial charge in [0.25, 0.3) is 0 Å². The zero-order valence-corrected chi connectivity index (χ0v) is 13.3. The fourth-order valence-corrected chi connectivity index (χ4v) is 3.98. The Morgan fingerprint density at radius 2 is 1.79 bits per heavy atom. The van der Waals surface area contributed by atoms with Crippen molar-refractivity contribution < 1.29 is 4.74 Å². The van der Waals surface area contributed by atoms with Crippen LogP contribution in [0.1, 0.15) is 17.0 Å². The number of rotatable bonds is 1. The van der Waals surface area contributed by atoms with Crippen LogP contribution in [-0.2, 0) is 0 Å². The number of hydrogen-bond donors (Lipinski definition) is 1. The zero-order chi connectivity index (χ0) is 16.7. The molecule has 1 atom stereocenters. The van der Waals surface area contributed by atoms with Gasteiger partial charge in [-0.3, -0.25) is 4.79 Å². The molecule has 0 unspecified atom stereocenters. The molecule has 0 saturated heterocycles. The summed E-state index contributed by atoms with van der Waals surface area (Å²) in [6.45, 7) is 0. The normalized spacial score (nSPS) is 16.4. The van der Waals surface area contributed by atoms with Gasteiger partial charge in [-0.05, 0) is 17.7 Å². The Morgan fingerprint density at radius 1 is 1.08 bits per heavy atom. The van der Waals surface area contributed by atoms with Crippen molar-refractivity contribution in [1.29, 1.82) is 5.26 Å². The van der Waals surface area contributed by atoms with Crippen molar-refractivity contribution in [3.8, 4) is 11.8 Å². The van der Waals surface area contributed by atoms with Crippen molar-refractivity contribution in [2.45, 2.75) is 5.92 Å². The maximum Gasteiger partial charge on any atom is 0.240 e. The standard InChI is InChI=1S/C19H12N2O2S/c20-10-13-15(11-6-2-1-3-7-11)16-17(23-18(13)21)12-8-4-5-9-14(12)24-19(16)22/h1-9,15H,21H2/t15-/m1/s1. The molecule has 0 bridgehead atoms. The maximum absolute atomic E-state index is 12.8. The molecule has 116 valence electrons. The van der Waals surface area contributed by atoms with Gasteiger partial charge in [0.05, 0.1) is 11.5 Å². The lowest BCUT2D eigenvalue weighted by molar-refractivity contribution is 0.398. The molecule has 1 aliphatic rings. The number of fused-ring (bicyclic) bond motifs is 3. The molecule has 2 aromatic carbocycles. The number of allylic oxidation sites excluding steroid dienone is 1. The fourth-order valence-electron chi connectivity index (χ4n) is 3.04. The molecular formula is C19H12N2O2S. The van der Waals surface area contributed by atoms with Crippen molar-refractivity contribution in [3.63, 3.8) is 0 Å². The smallest absolute Gasteiger partial charge is 0.240 e. The minimum Gasteiger partial charge on any atom is -0.439 e. The van der Waals surface area contributed by atoms with Crippen LogP contribution in [-0.4, -0.2) is 0 Å². The summed E-state index contributed by atoms with van der Waals surface area (Å²) >= 11 is 1.16. The van der Waals surface area contributed by atoms with Crippen molar-refractivity contribution in [1.82, 2.24) is 0 Å². The molecule has 3 aromatic rings. The SMILES string of the molecule is N#CC1=C(N)Oc2c(c(=O)sc3ccccc23)[C@@H]1c1ccccc1. The van der Waals surface area contributed by atoms with Crippen LogP contribution in [0.3, 0.4) is 0 Å². The highest BCUT2D eigenvalue weighted by molar-refractivity contribution is 7.16. The largest absolute Gasteiger partial charge is 0.439 e. The van der Waals surface area contributed by atoms with E-state index in [1.54, 1.807) is 0 Å². The van der Waals surface area contributed by atoms with Crippen LogP contribution in [0.5, 0.6) is 5.75 Å². The van der Waals surface area contributed by atoms with E-state index in [-0.39, 0.29) is 16.2 Å². The first-order chi connectivity index (χ1) is 11.7. The van der Waals surface area contributed by atoms with Crippen LogP contribution >= 0.6 is 11.3 Å². The lowest BCUT2D eigenvalue weighted by Gasteiger charge is -2.26. The summed E-state index contributed by atoms with van der Waals surface area (Å²) in [6, 6.07) is 19.1. The number of hydrogen-bond acceptors (Lipinski definition) is 5. The van der Waals surface area contributed by atoms with Crippen LogP contribution in [0.15, 0.2) is 70.8 Å². The zero-order valence-electron chi connectivity index (χ0n) is 12.5.